The van der Waals surface area contributed by atoms with Gasteiger partial charge in [-0.2, -0.15) is 0 Å². The molecule has 2 aliphatic rings. The van der Waals surface area contributed by atoms with Crippen LogP contribution in [0.5, 0.6) is 0 Å². The number of alkyl halides is 1. The van der Waals surface area contributed by atoms with Gasteiger partial charge in [0.15, 0.2) is 0 Å². The maximum atomic E-state index is 6.26. The maximum absolute atomic E-state index is 6.26. The molecule has 2 rings (SSSR count). The minimum Gasteiger partial charge on any atom is -0.397 e. The second-order valence-corrected chi connectivity index (χ2v) is 8.84. The van der Waals surface area contributed by atoms with Crippen LogP contribution in [0, 0.1) is 0 Å². The molecule has 0 N–H and O–H groups in total. The van der Waals surface area contributed by atoms with E-state index >= 15 is 0 Å². The second kappa shape index (κ2) is 4.12. The average molecular weight is 235 g/mol. The van der Waals surface area contributed by atoms with Crippen molar-refractivity contribution in [2.75, 3.05) is 14.2 Å². The van der Waals surface area contributed by atoms with Crippen molar-refractivity contribution in [1.29, 1.82) is 0 Å². The van der Waals surface area contributed by atoms with Gasteiger partial charge in [-0.25, -0.2) is 0 Å². The van der Waals surface area contributed by atoms with Gasteiger partial charge in [-0.15, -0.1) is 11.6 Å². The summed E-state index contributed by atoms with van der Waals surface area (Å²) in [6, 6.07) is 0. The molecule has 0 amide bonds. The molecule has 2 atom stereocenters. The van der Waals surface area contributed by atoms with Crippen LogP contribution in [-0.2, 0) is 8.85 Å². The fourth-order valence-corrected chi connectivity index (χ4v) is 8.02. The highest BCUT2D eigenvalue weighted by Crippen LogP contribution is 2.54. The van der Waals surface area contributed by atoms with Gasteiger partial charge >= 0.3 is 8.56 Å². The summed E-state index contributed by atoms with van der Waals surface area (Å²) in [6.07, 6.45) is 6.26. The molecule has 0 saturated heterocycles. The van der Waals surface area contributed by atoms with E-state index in [-0.39, 0.29) is 0 Å². The van der Waals surface area contributed by atoms with E-state index in [1.54, 1.807) is 0 Å². The lowest BCUT2D eigenvalue weighted by atomic mass is 9.98. The van der Waals surface area contributed by atoms with Crippen molar-refractivity contribution in [1.82, 2.24) is 0 Å². The zero-order chi connectivity index (χ0) is 10.2. The van der Waals surface area contributed by atoms with Gasteiger partial charge in [0, 0.05) is 30.7 Å². The fourth-order valence-electron chi connectivity index (χ4n) is 2.75. The van der Waals surface area contributed by atoms with E-state index in [0.717, 1.165) is 6.42 Å². The molecule has 0 bridgehead atoms. The van der Waals surface area contributed by atoms with E-state index < -0.39 is 8.56 Å². The summed E-state index contributed by atoms with van der Waals surface area (Å²) in [4.78, 5) is 0. The van der Waals surface area contributed by atoms with Crippen LogP contribution in [0.3, 0.4) is 0 Å². The zero-order valence-corrected chi connectivity index (χ0v) is 10.7. The molecule has 0 aromatic rings. The molecule has 0 aromatic heterocycles. The van der Waals surface area contributed by atoms with Crippen LogP contribution in [0.15, 0.2) is 0 Å². The van der Waals surface area contributed by atoms with Gasteiger partial charge in [0.2, 0.25) is 0 Å². The Morgan fingerprint density at radius 2 is 1.71 bits per heavy atom. The Hall–Kier alpha value is 0.427. The lowest BCUT2D eigenvalue weighted by molar-refractivity contribution is 0.179. The zero-order valence-electron chi connectivity index (χ0n) is 8.96. The number of hydrogen-bond acceptors (Lipinski definition) is 2. The summed E-state index contributed by atoms with van der Waals surface area (Å²) >= 11 is 6.26. The van der Waals surface area contributed by atoms with Crippen molar-refractivity contribution in [3.8, 4) is 0 Å². The van der Waals surface area contributed by atoms with E-state index in [0.29, 0.717) is 16.5 Å². The third-order valence-electron chi connectivity index (χ3n) is 4.02. The molecule has 0 aromatic carbocycles. The molecule has 2 nitrogen and oxygen atoms in total. The molecular weight excluding hydrogens is 216 g/mol. The summed E-state index contributed by atoms with van der Waals surface area (Å²) < 4.78 is 11.6. The molecule has 2 fully saturated rings. The van der Waals surface area contributed by atoms with Crippen LogP contribution in [0.1, 0.15) is 32.1 Å². The summed E-state index contributed by atoms with van der Waals surface area (Å²) in [5, 5.41) is 0.308. The van der Waals surface area contributed by atoms with E-state index in [2.05, 4.69) is 0 Å². The standard InChI is InChI=1S/C10H19ClO2Si/c1-12-14(13-2,8-4-3-5-8)10-7-6-9(10)11/h8-10H,3-7H2,1-2H3. The molecule has 2 aliphatic carbocycles. The molecule has 0 aliphatic heterocycles. The van der Waals surface area contributed by atoms with E-state index in [4.69, 9.17) is 20.5 Å². The third-order valence-corrected chi connectivity index (χ3v) is 9.47. The number of hydrogen-bond donors (Lipinski definition) is 0. The first kappa shape index (κ1) is 10.9. The smallest absolute Gasteiger partial charge is 0.345 e. The van der Waals surface area contributed by atoms with Crippen molar-refractivity contribution in [2.24, 2.45) is 0 Å². The van der Waals surface area contributed by atoms with Crippen LogP contribution in [0.4, 0.5) is 0 Å². The summed E-state index contributed by atoms with van der Waals surface area (Å²) in [5.41, 5.74) is 1.23. The first-order chi connectivity index (χ1) is 6.74. The Balaban J connectivity index is 2.10. The SMILES string of the molecule is CO[Si](OC)(C1CCC1)C1CCC1Cl. The molecule has 0 radical (unpaired) electrons. The van der Waals surface area contributed by atoms with Crippen LogP contribution >= 0.6 is 11.6 Å². The van der Waals surface area contributed by atoms with Crippen LogP contribution in [0.2, 0.25) is 11.1 Å². The van der Waals surface area contributed by atoms with Crippen LogP contribution in [-0.4, -0.2) is 28.2 Å². The Bertz CT molecular complexity index is 204. The molecule has 82 valence electrons. The average Bonchev–Trinajstić information content (AvgIpc) is 2.11. The third kappa shape index (κ3) is 1.45. The van der Waals surface area contributed by atoms with Crippen molar-refractivity contribution in [2.45, 2.75) is 48.6 Å². The Morgan fingerprint density at radius 3 is 1.93 bits per heavy atom. The molecular formula is C10H19ClO2Si. The normalized spacial score (nSPS) is 33.6. The van der Waals surface area contributed by atoms with Gasteiger partial charge in [0.25, 0.3) is 0 Å². The van der Waals surface area contributed by atoms with Crippen molar-refractivity contribution in [3.63, 3.8) is 0 Å². The predicted octanol–water partition coefficient (Wildman–Crippen LogP) is 3.05. The number of halogens is 1. The summed E-state index contributed by atoms with van der Waals surface area (Å²) in [7, 11) is 1.66. The topological polar surface area (TPSA) is 18.5 Å². The minimum atomic E-state index is -1.97. The van der Waals surface area contributed by atoms with Gasteiger partial charge in [-0.3, -0.25) is 0 Å². The van der Waals surface area contributed by atoms with Crippen molar-refractivity contribution < 1.29 is 8.85 Å². The predicted molar refractivity (Wildman–Crippen MR) is 60.0 cm³/mol. The van der Waals surface area contributed by atoms with Gasteiger partial charge in [-0.05, 0) is 25.7 Å². The molecule has 14 heavy (non-hydrogen) atoms. The van der Waals surface area contributed by atoms with Gasteiger partial charge in [0.1, 0.15) is 0 Å². The van der Waals surface area contributed by atoms with Gasteiger partial charge in [-0.1, -0.05) is 6.42 Å². The second-order valence-electron chi connectivity index (χ2n) is 4.46. The summed E-state index contributed by atoms with van der Waals surface area (Å²) in [6.45, 7) is 0. The van der Waals surface area contributed by atoms with Gasteiger partial charge in [0.05, 0.1) is 0 Å². The highest BCUT2D eigenvalue weighted by Gasteiger charge is 2.58. The Kier molecular flexibility index (Phi) is 3.22. The molecule has 2 saturated carbocycles. The van der Waals surface area contributed by atoms with Crippen LogP contribution in [0.25, 0.3) is 0 Å². The first-order valence-electron chi connectivity index (χ1n) is 5.49. The monoisotopic (exact) mass is 234 g/mol. The van der Waals surface area contributed by atoms with E-state index in [1.807, 2.05) is 14.2 Å². The van der Waals surface area contributed by atoms with E-state index in [9.17, 15) is 0 Å². The maximum Gasteiger partial charge on any atom is 0.345 e. The number of rotatable bonds is 4. The largest absolute Gasteiger partial charge is 0.397 e. The summed E-state index contributed by atoms with van der Waals surface area (Å²) in [5.74, 6) is 0. The molecule has 2 unspecified atom stereocenters. The Morgan fingerprint density at radius 1 is 1.07 bits per heavy atom. The van der Waals surface area contributed by atoms with Gasteiger partial charge < -0.3 is 8.85 Å². The highest BCUT2D eigenvalue weighted by molar-refractivity contribution is 6.72. The minimum absolute atomic E-state index is 0.308. The van der Waals surface area contributed by atoms with Crippen LogP contribution < -0.4 is 0 Å². The fraction of sp³-hybridized carbons (Fsp3) is 1.00. The lowest BCUT2D eigenvalue weighted by Crippen LogP contribution is -2.56. The molecule has 0 heterocycles. The first-order valence-corrected chi connectivity index (χ1v) is 7.89. The quantitative estimate of drug-likeness (QED) is 0.550. The van der Waals surface area contributed by atoms with Crippen molar-refractivity contribution in [3.05, 3.63) is 0 Å². The molecule has 0 spiro atoms. The highest BCUT2D eigenvalue weighted by atomic mass is 35.5. The molecule has 4 heteroatoms. The van der Waals surface area contributed by atoms with Crippen molar-refractivity contribution >= 4 is 20.2 Å². The lowest BCUT2D eigenvalue weighted by Gasteiger charge is -2.49. The van der Waals surface area contributed by atoms with E-state index in [1.165, 1.54) is 25.7 Å². The Labute approximate surface area is 92.2 Å².